The third kappa shape index (κ3) is 2.55. The number of hydrogen-bond donors (Lipinski definition) is 3. The Morgan fingerprint density at radius 1 is 1.40 bits per heavy atom. The number of fused-ring (bicyclic) bond motifs is 1. The molecule has 1 fully saturated rings. The molecule has 1 aromatic heterocycles. The van der Waals surface area contributed by atoms with Crippen molar-refractivity contribution in [3.8, 4) is 0 Å². The molecular formula is C15H19N3OS. The molecule has 106 valence electrons. The van der Waals surface area contributed by atoms with Crippen molar-refractivity contribution in [3.05, 3.63) is 30.3 Å². The van der Waals surface area contributed by atoms with Crippen molar-refractivity contribution in [1.82, 2.24) is 4.98 Å². The number of benzene rings is 1. The maximum absolute atomic E-state index is 11.5. The van der Waals surface area contributed by atoms with Crippen LogP contribution >= 0.6 is 11.8 Å². The molecule has 1 aliphatic carbocycles. The van der Waals surface area contributed by atoms with Gasteiger partial charge in [-0.25, -0.2) is 0 Å². The largest absolute Gasteiger partial charge is 0.368 e. The van der Waals surface area contributed by atoms with Crippen LogP contribution in [0.25, 0.3) is 10.9 Å². The number of hydrogen-bond acceptors (Lipinski definition) is 3. The normalized spacial score (nSPS) is 26.8. The van der Waals surface area contributed by atoms with Crippen LogP contribution in [0.15, 0.2) is 35.4 Å². The predicted molar refractivity (Wildman–Crippen MR) is 82.5 cm³/mol. The number of H-pyrrole nitrogens is 1. The van der Waals surface area contributed by atoms with Crippen molar-refractivity contribution in [1.29, 1.82) is 0 Å². The summed E-state index contributed by atoms with van der Waals surface area (Å²) in [7, 11) is 0. The van der Waals surface area contributed by atoms with Crippen LogP contribution in [-0.2, 0) is 4.79 Å². The van der Waals surface area contributed by atoms with E-state index in [1.165, 1.54) is 5.39 Å². The molecule has 2 atom stereocenters. The first-order chi connectivity index (χ1) is 9.57. The molecule has 5 N–H and O–H groups in total. The topological polar surface area (TPSA) is 84.9 Å². The summed E-state index contributed by atoms with van der Waals surface area (Å²) in [6, 6.07) is 10.4. The lowest BCUT2D eigenvalue weighted by atomic mass is 9.82. The van der Waals surface area contributed by atoms with E-state index in [0.717, 1.165) is 23.4 Å². The number of thioether (sulfide) groups is 1. The quantitative estimate of drug-likeness (QED) is 0.811. The summed E-state index contributed by atoms with van der Waals surface area (Å²) in [6.45, 7) is 0. The number of rotatable bonds is 3. The van der Waals surface area contributed by atoms with E-state index >= 15 is 0 Å². The maximum Gasteiger partial charge on any atom is 0.237 e. The average molecular weight is 289 g/mol. The Bertz CT molecular complexity index is 606. The van der Waals surface area contributed by atoms with Gasteiger partial charge in [0.05, 0.1) is 10.6 Å². The highest BCUT2D eigenvalue weighted by molar-refractivity contribution is 7.99. The van der Waals surface area contributed by atoms with Crippen molar-refractivity contribution in [3.63, 3.8) is 0 Å². The van der Waals surface area contributed by atoms with Crippen LogP contribution in [0.5, 0.6) is 0 Å². The van der Waals surface area contributed by atoms with Gasteiger partial charge in [-0.05, 0) is 37.8 Å². The standard InChI is InChI=1S/C15H19N3OS/c16-14(19)15(17)7-3-5-11(9-15)20-13-8-10-4-1-2-6-12(10)18-13/h1-2,4,6,8,11,18H,3,5,7,9,17H2,(H2,16,19). The zero-order chi connectivity index (χ0) is 14.2. The molecule has 0 spiro atoms. The summed E-state index contributed by atoms with van der Waals surface area (Å²) in [4.78, 5) is 14.9. The van der Waals surface area contributed by atoms with Gasteiger partial charge >= 0.3 is 0 Å². The second-order valence-electron chi connectivity index (χ2n) is 5.58. The zero-order valence-corrected chi connectivity index (χ0v) is 12.1. The van der Waals surface area contributed by atoms with Gasteiger partial charge in [0.15, 0.2) is 0 Å². The minimum absolute atomic E-state index is 0.342. The van der Waals surface area contributed by atoms with E-state index in [1.807, 2.05) is 12.1 Å². The van der Waals surface area contributed by atoms with Gasteiger partial charge in [0, 0.05) is 16.2 Å². The van der Waals surface area contributed by atoms with Crippen molar-refractivity contribution in [2.24, 2.45) is 11.5 Å². The van der Waals surface area contributed by atoms with E-state index in [4.69, 9.17) is 11.5 Å². The number of nitrogens with one attached hydrogen (secondary N) is 1. The fraction of sp³-hybridized carbons (Fsp3) is 0.400. The number of amides is 1. The smallest absolute Gasteiger partial charge is 0.237 e. The number of aromatic nitrogens is 1. The summed E-state index contributed by atoms with van der Waals surface area (Å²) in [5.74, 6) is -0.376. The minimum Gasteiger partial charge on any atom is -0.368 e. The molecular weight excluding hydrogens is 270 g/mol. The van der Waals surface area contributed by atoms with E-state index < -0.39 is 5.54 Å². The van der Waals surface area contributed by atoms with Crippen LogP contribution in [0.4, 0.5) is 0 Å². The van der Waals surface area contributed by atoms with Gasteiger partial charge in [-0.3, -0.25) is 4.79 Å². The molecule has 1 aromatic carbocycles. The molecule has 0 radical (unpaired) electrons. The number of aromatic amines is 1. The van der Waals surface area contributed by atoms with E-state index in [-0.39, 0.29) is 5.91 Å². The first kappa shape index (κ1) is 13.5. The lowest BCUT2D eigenvalue weighted by molar-refractivity contribution is -0.124. The van der Waals surface area contributed by atoms with Gasteiger partial charge in [0.2, 0.25) is 5.91 Å². The van der Waals surface area contributed by atoms with E-state index in [9.17, 15) is 4.79 Å². The van der Waals surface area contributed by atoms with Crippen molar-refractivity contribution in [2.75, 3.05) is 0 Å². The fourth-order valence-corrected chi connectivity index (χ4v) is 4.26. The second kappa shape index (κ2) is 5.14. The molecule has 1 saturated carbocycles. The monoisotopic (exact) mass is 289 g/mol. The van der Waals surface area contributed by atoms with Crippen LogP contribution in [0.1, 0.15) is 25.7 Å². The highest BCUT2D eigenvalue weighted by Crippen LogP contribution is 2.37. The van der Waals surface area contributed by atoms with Crippen LogP contribution < -0.4 is 11.5 Å². The first-order valence-electron chi connectivity index (χ1n) is 6.90. The fourth-order valence-electron chi connectivity index (χ4n) is 2.87. The molecule has 0 saturated heterocycles. The van der Waals surface area contributed by atoms with E-state index in [2.05, 4.69) is 23.2 Å². The number of para-hydroxylation sites is 1. The Morgan fingerprint density at radius 2 is 2.20 bits per heavy atom. The molecule has 2 unspecified atom stereocenters. The van der Waals surface area contributed by atoms with Gasteiger partial charge in [0.25, 0.3) is 0 Å². The molecule has 1 amide bonds. The first-order valence-corrected chi connectivity index (χ1v) is 7.78. The van der Waals surface area contributed by atoms with Gasteiger partial charge in [-0.2, -0.15) is 0 Å². The highest BCUT2D eigenvalue weighted by atomic mass is 32.2. The second-order valence-corrected chi connectivity index (χ2v) is 6.92. The molecule has 0 bridgehead atoms. The third-order valence-electron chi connectivity index (χ3n) is 4.03. The lowest BCUT2D eigenvalue weighted by Gasteiger charge is -2.34. The van der Waals surface area contributed by atoms with Crippen molar-refractivity contribution >= 4 is 28.6 Å². The Kier molecular flexibility index (Phi) is 3.48. The van der Waals surface area contributed by atoms with Gasteiger partial charge in [-0.1, -0.05) is 18.2 Å². The summed E-state index contributed by atoms with van der Waals surface area (Å²) in [5, 5.41) is 2.68. The maximum atomic E-state index is 11.5. The molecule has 1 aliphatic rings. The predicted octanol–water partition coefficient (Wildman–Crippen LogP) is 2.39. The van der Waals surface area contributed by atoms with Crippen LogP contribution in [0.2, 0.25) is 0 Å². The van der Waals surface area contributed by atoms with Crippen LogP contribution in [0, 0.1) is 0 Å². The summed E-state index contributed by atoms with van der Waals surface area (Å²) in [6.07, 6.45) is 3.39. The molecule has 2 aromatic rings. The lowest BCUT2D eigenvalue weighted by Crippen LogP contribution is -2.55. The SMILES string of the molecule is NC(=O)C1(N)CCCC(Sc2cc3ccccc3[nH]2)C1. The number of nitrogens with two attached hydrogens (primary N) is 2. The van der Waals surface area contributed by atoms with E-state index in [1.54, 1.807) is 11.8 Å². The number of carbonyl (C=O) groups is 1. The Morgan fingerprint density at radius 3 is 2.95 bits per heavy atom. The van der Waals surface area contributed by atoms with Crippen molar-refractivity contribution < 1.29 is 4.79 Å². The highest BCUT2D eigenvalue weighted by Gasteiger charge is 2.38. The third-order valence-corrected chi connectivity index (χ3v) is 5.24. The van der Waals surface area contributed by atoms with Crippen molar-refractivity contribution in [2.45, 2.75) is 41.5 Å². The molecule has 5 heteroatoms. The number of carbonyl (C=O) groups excluding carboxylic acids is 1. The minimum atomic E-state index is -0.831. The summed E-state index contributed by atoms with van der Waals surface area (Å²) >= 11 is 1.77. The van der Waals surface area contributed by atoms with Gasteiger partial charge in [0.1, 0.15) is 0 Å². The van der Waals surface area contributed by atoms with Crippen LogP contribution in [-0.4, -0.2) is 21.7 Å². The zero-order valence-electron chi connectivity index (χ0n) is 11.3. The van der Waals surface area contributed by atoms with Crippen LogP contribution in [0.3, 0.4) is 0 Å². The summed E-state index contributed by atoms with van der Waals surface area (Å²) in [5.41, 5.74) is 11.9. The Balaban J connectivity index is 1.75. The molecule has 0 aliphatic heterocycles. The van der Waals surface area contributed by atoms with Gasteiger partial charge in [-0.15, -0.1) is 11.8 Å². The number of primary amides is 1. The Labute approximate surface area is 122 Å². The Hall–Kier alpha value is -1.46. The van der Waals surface area contributed by atoms with Gasteiger partial charge < -0.3 is 16.5 Å². The average Bonchev–Trinajstić information content (AvgIpc) is 2.80. The molecule has 3 rings (SSSR count). The van der Waals surface area contributed by atoms with E-state index in [0.29, 0.717) is 18.1 Å². The molecule has 1 heterocycles. The molecule has 4 nitrogen and oxygen atoms in total. The summed E-state index contributed by atoms with van der Waals surface area (Å²) < 4.78 is 0. The molecule has 20 heavy (non-hydrogen) atoms.